The Morgan fingerprint density at radius 2 is 2.25 bits per heavy atom. The molecule has 0 aliphatic heterocycles. The first-order valence-electron chi connectivity index (χ1n) is 5.98. The van der Waals surface area contributed by atoms with Gasteiger partial charge >= 0.3 is 0 Å². The fraction of sp³-hybridized carbons (Fsp3) is 0.417. The van der Waals surface area contributed by atoms with Crippen LogP contribution < -0.4 is 11.1 Å². The summed E-state index contributed by atoms with van der Waals surface area (Å²) in [6.07, 6.45) is 0. The molecule has 1 unspecified atom stereocenters. The highest BCUT2D eigenvalue weighted by atomic mass is 32.2. The van der Waals surface area contributed by atoms with E-state index in [1.165, 1.54) is 0 Å². The highest BCUT2D eigenvalue weighted by Gasteiger charge is 2.23. The molecule has 8 heteroatoms. The number of nitrogen functional groups attached to an aromatic ring is 1. The Hall–Kier alpha value is -1.83. The van der Waals surface area contributed by atoms with Crippen LogP contribution in [-0.4, -0.2) is 28.4 Å². The van der Waals surface area contributed by atoms with Gasteiger partial charge < -0.3 is 11.1 Å². The Balaban J connectivity index is 2.97. The number of hydrogen-bond acceptors (Lipinski definition) is 5. The minimum absolute atomic E-state index is 0.154. The molecule has 0 fully saturated rings. The first-order chi connectivity index (χ1) is 9.36. The number of nitro benzene ring substituents is 1. The zero-order chi connectivity index (χ0) is 15.3. The zero-order valence-corrected chi connectivity index (χ0v) is 12.0. The SMILES string of the molecule is CCSCC(C)NC(=O)c1cc(N)c(F)cc1[N+](=O)[O-]. The minimum Gasteiger partial charge on any atom is -0.396 e. The predicted molar refractivity (Wildman–Crippen MR) is 77.4 cm³/mol. The highest BCUT2D eigenvalue weighted by Crippen LogP contribution is 2.24. The number of benzene rings is 1. The lowest BCUT2D eigenvalue weighted by molar-refractivity contribution is -0.385. The van der Waals surface area contributed by atoms with Crippen LogP contribution in [0.1, 0.15) is 24.2 Å². The third-order valence-corrected chi connectivity index (χ3v) is 3.65. The van der Waals surface area contributed by atoms with Crippen molar-refractivity contribution in [2.75, 3.05) is 17.2 Å². The first-order valence-corrected chi connectivity index (χ1v) is 7.14. The molecular weight excluding hydrogens is 285 g/mol. The van der Waals surface area contributed by atoms with Crippen LogP contribution in [0.25, 0.3) is 0 Å². The molecule has 0 saturated heterocycles. The van der Waals surface area contributed by atoms with Gasteiger partial charge in [-0.1, -0.05) is 6.92 Å². The molecular formula is C12H16FN3O3S. The highest BCUT2D eigenvalue weighted by molar-refractivity contribution is 7.99. The molecule has 1 atom stereocenters. The number of amides is 1. The number of anilines is 1. The Bertz CT molecular complexity index is 525. The molecule has 110 valence electrons. The molecule has 1 aromatic carbocycles. The maximum atomic E-state index is 13.2. The first kappa shape index (κ1) is 16.2. The van der Waals surface area contributed by atoms with Gasteiger partial charge in [0.2, 0.25) is 0 Å². The quantitative estimate of drug-likeness (QED) is 0.477. The van der Waals surface area contributed by atoms with Gasteiger partial charge in [-0.05, 0) is 18.7 Å². The van der Waals surface area contributed by atoms with Crippen molar-refractivity contribution in [3.63, 3.8) is 0 Å². The monoisotopic (exact) mass is 301 g/mol. The second kappa shape index (κ2) is 7.09. The number of rotatable bonds is 6. The lowest BCUT2D eigenvalue weighted by atomic mass is 10.1. The number of thioether (sulfide) groups is 1. The van der Waals surface area contributed by atoms with Crippen molar-refractivity contribution in [1.29, 1.82) is 0 Å². The van der Waals surface area contributed by atoms with Crippen molar-refractivity contribution in [3.8, 4) is 0 Å². The molecule has 0 radical (unpaired) electrons. The maximum absolute atomic E-state index is 13.2. The molecule has 1 rings (SSSR count). The lowest BCUT2D eigenvalue weighted by Crippen LogP contribution is -2.34. The van der Waals surface area contributed by atoms with Crippen LogP contribution in [-0.2, 0) is 0 Å². The number of carbonyl (C=O) groups excluding carboxylic acids is 1. The second-order valence-electron chi connectivity index (χ2n) is 4.18. The van der Waals surface area contributed by atoms with E-state index in [0.29, 0.717) is 11.8 Å². The average molecular weight is 301 g/mol. The summed E-state index contributed by atoms with van der Waals surface area (Å²) in [4.78, 5) is 22.1. The third kappa shape index (κ3) is 4.09. The number of nitrogens with one attached hydrogen (secondary N) is 1. The molecule has 6 nitrogen and oxygen atoms in total. The van der Waals surface area contributed by atoms with Gasteiger partial charge in [0.1, 0.15) is 5.56 Å². The summed E-state index contributed by atoms with van der Waals surface area (Å²) in [6, 6.07) is 1.50. The predicted octanol–water partition coefficient (Wildman–Crippen LogP) is 2.19. The van der Waals surface area contributed by atoms with Crippen molar-refractivity contribution >= 4 is 29.0 Å². The van der Waals surface area contributed by atoms with Crippen LogP contribution in [0, 0.1) is 15.9 Å². The van der Waals surface area contributed by atoms with Crippen molar-refractivity contribution in [1.82, 2.24) is 5.32 Å². The summed E-state index contributed by atoms with van der Waals surface area (Å²) < 4.78 is 13.2. The maximum Gasteiger partial charge on any atom is 0.285 e. The van der Waals surface area contributed by atoms with Gasteiger partial charge in [0.15, 0.2) is 5.82 Å². The largest absolute Gasteiger partial charge is 0.396 e. The van der Waals surface area contributed by atoms with Gasteiger partial charge in [-0.2, -0.15) is 11.8 Å². The summed E-state index contributed by atoms with van der Waals surface area (Å²) in [5, 5.41) is 13.5. The smallest absolute Gasteiger partial charge is 0.285 e. The molecule has 0 bridgehead atoms. The number of halogens is 1. The van der Waals surface area contributed by atoms with E-state index in [0.717, 1.165) is 11.8 Å². The number of nitro groups is 1. The molecule has 0 aliphatic carbocycles. The van der Waals surface area contributed by atoms with Crippen molar-refractivity contribution in [2.45, 2.75) is 19.9 Å². The molecule has 20 heavy (non-hydrogen) atoms. The number of nitrogens with two attached hydrogens (primary N) is 1. The summed E-state index contributed by atoms with van der Waals surface area (Å²) in [5.74, 6) is 0.0479. The topological polar surface area (TPSA) is 98.3 Å². The fourth-order valence-corrected chi connectivity index (χ4v) is 2.22. The van der Waals surface area contributed by atoms with Gasteiger partial charge in [0.25, 0.3) is 11.6 Å². The zero-order valence-electron chi connectivity index (χ0n) is 11.2. The van der Waals surface area contributed by atoms with Crippen LogP contribution in [0.5, 0.6) is 0 Å². The van der Waals surface area contributed by atoms with E-state index in [4.69, 9.17) is 5.73 Å². The van der Waals surface area contributed by atoms with E-state index < -0.39 is 22.3 Å². The van der Waals surface area contributed by atoms with Crippen LogP contribution in [0.3, 0.4) is 0 Å². The standard InChI is InChI=1S/C12H16FN3O3S/c1-3-20-6-7(2)15-12(17)8-4-10(14)9(13)5-11(8)16(18)19/h4-5,7H,3,6,14H2,1-2H3,(H,15,17). The molecule has 1 aromatic rings. The molecule has 0 aromatic heterocycles. The summed E-state index contributed by atoms with van der Waals surface area (Å²) in [6.45, 7) is 3.78. The van der Waals surface area contributed by atoms with Crippen LogP contribution >= 0.6 is 11.8 Å². The molecule has 0 saturated carbocycles. The van der Waals surface area contributed by atoms with E-state index in [1.54, 1.807) is 18.7 Å². The van der Waals surface area contributed by atoms with Gasteiger partial charge in [-0.15, -0.1) is 0 Å². The minimum atomic E-state index is -0.914. The van der Waals surface area contributed by atoms with Crippen LogP contribution in [0.2, 0.25) is 0 Å². The van der Waals surface area contributed by atoms with Crippen molar-refractivity contribution in [3.05, 3.63) is 33.6 Å². The summed E-state index contributed by atoms with van der Waals surface area (Å²) in [7, 11) is 0. The van der Waals surface area contributed by atoms with E-state index in [1.807, 2.05) is 6.92 Å². The van der Waals surface area contributed by atoms with Gasteiger partial charge in [-0.3, -0.25) is 14.9 Å². The second-order valence-corrected chi connectivity index (χ2v) is 5.50. The Labute approximate surface area is 120 Å². The Morgan fingerprint density at radius 1 is 1.60 bits per heavy atom. The number of nitrogens with zero attached hydrogens (tertiary/aromatic N) is 1. The van der Waals surface area contributed by atoms with E-state index >= 15 is 0 Å². The normalized spacial score (nSPS) is 11.9. The average Bonchev–Trinajstić information content (AvgIpc) is 2.38. The Morgan fingerprint density at radius 3 is 2.80 bits per heavy atom. The van der Waals surface area contributed by atoms with Gasteiger partial charge in [-0.25, -0.2) is 4.39 Å². The van der Waals surface area contributed by atoms with Crippen molar-refractivity contribution in [2.24, 2.45) is 0 Å². The third-order valence-electron chi connectivity index (χ3n) is 2.51. The van der Waals surface area contributed by atoms with E-state index in [-0.39, 0.29) is 17.3 Å². The lowest BCUT2D eigenvalue weighted by Gasteiger charge is -2.13. The summed E-state index contributed by atoms with van der Waals surface area (Å²) in [5.41, 5.74) is 4.23. The van der Waals surface area contributed by atoms with Crippen LogP contribution in [0.4, 0.5) is 15.8 Å². The molecule has 3 N–H and O–H groups in total. The molecule has 0 heterocycles. The molecule has 1 amide bonds. The van der Waals surface area contributed by atoms with E-state index in [9.17, 15) is 19.3 Å². The number of carbonyl (C=O) groups is 1. The fourth-order valence-electron chi connectivity index (χ4n) is 1.55. The Kier molecular flexibility index (Phi) is 5.75. The molecule has 0 spiro atoms. The van der Waals surface area contributed by atoms with Crippen LogP contribution in [0.15, 0.2) is 12.1 Å². The van der Waals surface area contributed by atoms with Crippen molar-refractivity contribution < 1.29 is 14.1 Å². The summed E-state index contributed by atoms with van der Waals surface area (Å²) >= 11 is 1.64. The van der Waals surface area contributed by atoms with Gasteiger partial charge in [0, 0.05) is 11.8 Å². The number of hydrogen-bond donors (Lipinski definition) is 2. The molecule has 0 aliphatic rings. The van der Waals surface area contributed by atoms with Gasteiger partial charge in [0.05, 0.1) is 16.7 Å². The van der Waals surface area contributed by atoms with E-state index in [2.05, 4.69) is 5.32 Å².